The Morgan fingerprint density at radius 1 is 1.33 bits per heavy atom. The van der Waals surface area contributed by atoms with Crippen LogP contribution in [0, 0.1) is 5.92 Å². The van der Waals surface area contributed by atoms with Gasteiger partial charge in [-0.25, -0.2) is 4.68 Å². The number of rotatable bonds is 6. The smallest absolute Gasteiger partial charge is 0.230 e. The van der Waals surface area contributed by atoms with Crippen LogP contribution < -0.4 is 5.32 Å². The summed E-state index contributed by atoms with van der Waals surface area (Å²) in [6, 6.07) is 0.527. The van der Waals surface area contributed by atoms with Gasteiger partial charge < -0.3 is 10.4 Å². The molecule has 21 heavy (non-hydrogen) atoms. The SMILES string of the molecule is O=C(CSc1nnnn1C1CC1)NC1CCCCC1CO. The highest BCUT2D eigenvalue weighted by Gasteiger charge is 2.29. The molecule has 2 saturated carbocycles. The second-order valence-electron chi connectivity index (χ2n) is 5.83. The topological polar surface area (TPSA) is 92.9 Å². The van der Waals surface area contributed by atoms with Crippen molar-refractivity contribution in [1.82, 2.24) is 25.5 Å². The van der Waals surface area contributed by atoms with E-state index in [0.717, 1.165) is 43.7 Å². The number of nitrogens with zero attached hydrogens (tertiary/aromatic N) is 4. The third-order valence-corrected chi connectivity index (χ3v) is 5.11. The van der Waals surface area contributed by atoms with Crippen molar-refractivity contribution in [3.05, 3.63) is 0 Å². The average molecular weight is 311 g/mol. The van der Waals surface area contributed by atoms with Gasteiger partial charge >= 0.3 is 0 Å². The van der Waals surface area contributed by atoms with Crippen LogP contribution in [0.3, 0.4) is 0 Å². The van der Waals surface area contributed by atoms with E-state index in [1.807, 2.05) is 4.68 Å². The van der Waals surface area contributed by atoms with Crippen LogP contribution in [0.4, 0.5) is 0 Å². The Kier molecular flexibility index (Phi) is 4.74. The molecule has 2 unspecified atom stereocenters. The first-order valence-electron chi connectivity index (χ1n) is 7.59. The maximum Gasteiger partial charge on any atom is 0.230 e. The Bertz CT molecular complexity index is 491. The summed E-state index contributed by atoms with van der Waals surface area (Å²) in [6.07, 6.45) is 6.45. The quantitative estimate of drug-likeness (QED) is 0.754. The summed E-state index contributed by atoms with van der Waals surface area (Å²) in [5.41, 5.74) is 0. The fourth-order valence-corrected chi connectivity index (χ4v) is 3.58. The number of carbonyl (C=O) groups excluding carboxylic acids is 1. The van der Waals surface area contributed by atoms with Crippen molar-refractivity contribution in [3.8, 4) is 0 Å². The van der Waals surface area contributed by atoms with E-state index in [9.17, 15) is 9.90 Å². The number of hydrogen-bond donors (Lipinski definition) is 2. The first kappa shape index (κ1) is 14.8. The third kappa shape index (κ3) is 3.74. The monoisotopic (exact) mass is 311 g/mol. The molecule has 0 aliphatic heterocycles. The first-order chi connectivity index (χ1) is 10.3. The van der Waals surface area contributed by atoms with Crippen molar-refractivity contribution in [2.24, 2.45) is 5.92 Å². The molecule has 7 nitrogen and oxygen atoms in total. The average Bonchev–Trinajstić information content (AvgIpc) is 3.24. The van der Waals surface area contributed by atoms with E-state index in [2.05, 4.69) is 20.8 Å². The van der Waals surface area contributed by atoms with E-state index in [1.165, 1.54) is 11.8 Å². The Morgan fingerprint density at radius 3 is 2.90 bits per heavy atom. The molecule has 2 atom stereocenters. The van der Waals surface area contributed by atoms with Crippen molar-refractivity contribution in [1.29, 1.82) is 0 Å². The Morgan fingerprint density at radius 2 is 2.14 bits per heavy atom. The lowest BCUT2D eigenvalue weighted by atomic mass is 9.85. The fraction of sp³-hybridized carbons (Fsp3) is 0.846. The fourth-order valence-electron chi connectivity index (χ4n) is 2.82. The minimum absolute atomic E-state index is 0.00398. The molecular formula is C13H21N5O2S. The van der Waals surface area contributed by atoms with Crippen LogP contribution in [0.2, 0.25) is 0 Å². The lowest BCUT2D eigenvalue weighted by Crippen LogP contribution is -2.44. The Labute approximate surface area is 127 Å². The Balaban J connectivity index is 1.48. The van der Waals surface area contributed by atoms with E-state index in [0.29, 0.717) is 11.8 Å². The molecule has 2 fully saturated rings. The number of amides is 1. The highest BCUT2D eigenvalue weighted by molar-refractivity contribution is 7.99. The number of aromatic nitrogens is 4. The van der Waals surface area contributed by atoms with Crippen LogP contribution in [-0.2, 0) is 4.79 Å². The van der Waals surface area contributed by atoms with E-state index < -0.39 is 0 Å². The molecule has 0 radical (unpaired) electrons. The van der Waals surface area contributed by atoms with Crippen LogP contribution in [0.5, 0.6) is 0 Å². The van der Waals surface area contributed by atoms with Crippen molar-refractivity contribution in [3.63, 3.8) is 0 Å². The molecule has 0 bridgehead atoms. The van der Waals surface area contributed by atoms with Gasteiger partial charge in [0.05, 0.1) is 11.8 Å². The molecule has 1 aromatic heterocycles. The standard InChI is InChI=1S/C13H21N5O2S/c19-7-9-3-1-2-4-11(9)14-12(20)8-21-13-15-16-17-18(13)10-5-6-10/h9-11,19H,1-8H2,(H,14,20). The van der Waals surface area contributed by atoms with Gasteiger partial charge in [0.25, 0.3) is 0 Å². The summed E-state index contributed by atoms with van der Waals surface area (Å²) in [4.78, 5) is 12.1. The number of nitrogens with one attached hydrogen (secondary N) is 1. The highest BCUT2D eigenvalue weighted by Crippen LogP contribution is 2.36. The lowest BCUT2D eigenvalue weighted by Gasteiger charge is -2.30. The minimum Gasteiger partial charge on any atom is -0.396 e. The van der Waals surface area contributed by atoms with E-state index in [-0.39, 0.29) is 24.5 Å². The Hall–Kier alpha value is -1.15. The van der Waals surface area contributed by atoms with Crippen LogP contribution >= 0.6 is 11.8 Å². The number of hydrogen-bond acceptors (Lipinski definition) is 6. The molecule has 0 aromatic carbocycles. The van der Waals surface area contributed by atoms with Crippen LogP contribution in [0.15, 0.2) is 5.16 Å². The van der Waals surface area contributed by atoms with Crippen molar-refractivity contribution >= 4 is 17.7 Å². The number of aliphatic hydroxyl groups excluding tert-OH is 1. The van der Waals surface area contributed by atoms with Crippen LogP contribution in [0.1, 0.15) is 44.6 Å². The second kappa shape index (κ2) is 6.74. The second-order valence-corrected chi connectivity index (χ2v) is 6.77. The van der Waals surface area contributed by atoms with E-state index >= 15 is 0 Å². The lowest BCUT2D eigenvalue weighted by molar-refractivity contribution is -0.120. The largest absolute Gasteiger partial charge is 0.396 e. The summed E-state index contributed by atoms with van der Waals surface area (Å²) < 4.78 is 1.81. The number of tetrazole rings is 1. The van der Waals surface area contributed by atoms with E-state index in [1.54, 1.807) is 0 Å². The first-order valence-corrected chi connectivity index (χ1v) is 8.57. The van der Waals surface area contributed by atoms with Crippen molar-refractivity contribution in [2.45, 2.75) is 55.8 Å². The third-order valence-electron chi connectivity index (χ3n) is 4.18. The normalized spacial score (nSPS) is 25.8. The molecule has 3 rings (SSSR count). The van der Waals surface area contributed by atoms with E-state index in [4.69, 9.17) is 0 Å². The maximum atomic E-state index is 12.1. The molecule has 8 heteroatoms. The van der Waals surface area contributed by atoms with Gasteiger partial charge in [-0.05, 0) is 36.1 Å². The van der Waals surface area contributed by atoms with Crippen LogP contribution in [-0.4, -0.2) is 49.6 Å². The molecule has 0 spiro atoms. The molecule has 1 amide bonds. The van der Waals surface area contributed by atoms with Gasteiger partial charge in [-0.3, -0.25) is 4.79 Å². The predicted octanol–water partition coefficient (Wildman–Crippen LogP) is 0.767. The van der Waals surface area contributed by atoms with Gasteiger partial charge in [0.1, 0.15) is 0 Å². The number of thioether (sulfide) groups is 1. The highest BCUT2D eigenvalue weighted by atomic mass is 32.2. The zero-order valence-corrected chi connectivity index (χ0v) is 12.8. The molecule has 0 saturated heterocycles. The zero-order chi connectivity index (χ0) is 14.7. The molecule has 2 N–H and O–H groups in total. The summed E-state index contributed by atoms with van der Waals surface area (Å²) in [5.74, 6) is 0.516. The summed E-state index contributed by atoms with van der Waals surface area (Å²) >= 11 is 1.38. The van der Waals surface area contributed by atoms with Gasteiger partial charge in [-0.15, -0.1) is 5.10 Å². The molecule has 2 aliphatic rings. The molecule has 116 valence electrons. The van der Waals surface area contributed by atoms with Crippen molar-refractivity contribution < 1.29 is 9.90 Å². The maximum absolute atomic E-state index is 12.1. The summed E-state index contributed by atoms with van der Waals surface area (Å²) in [5, 5.41) is 24.8. The number of aliphatic hydroxyl groups is 1. The summed E-state index contributed by atoms with van der Waals surface area (Å²) in [6.45, 7) is 0.151. The molecule has 2 aliphatic carbocycles. The molecular weight excluding hydrogens is 290 g/mol. The number of carbonyl (C=O) groups is 1. The van der Waals surface area contributed by atoms with Crippen molar-refractivity contribution in [2.75, 3.05) is 12.4 Å². The van der Waals surface area contributed by atoms with Gasteiger partial charge in [-0.2, -0.15) is 0 Å². The molecule has 1 heterocycles. The molecule has 1 aromatic rings. The van der Waals surface area contributed by atoms with Gasteiger partial charge in [0.2, 0.25) is 11.1 Å². The van der Waals surface area contributed by atoms with Crippen LogP contribution in [0.25, 0.3) is 0 Å². The zero-order valence-electron chi connectivity index (χ0n) is 11.9. The predicted molar refractivity (Wildman–Crippen MR) is 77.8 cm³/mol. The minimum atomic E-state index is -0.00398. The summed E-state index contributed by atoms with van der Waals surface area (Å²) in [7, 11) is 0. The van der Waals surface area contributed by atoms with Gasteiger partial charge in [0.15, 0.2) is 0 Å². The van der Waals surface area contributed by atoms with Gasteiger partial charge in [-0.1, -0.05) is 24.6 Å². The van der Waals surface area contributed by atoms with Gasteiger partial charge in [0, 0.05) is 18.6 Å².